The van der Waals surface area contributed by atoms with Crippen LogP contribution in [0.1, 0.15) is 44.3 Å². The van der Waals surface area contributed by atoms with Gasteiger partial charge in [-0.25, -0.2) is 0 Å². The Kier molecular flexibility index (Phi) is 9.14. The van der Waals surface area contributed by atoms with Crippen LogP contribution in [0.5, 0.6) is 11.5 Å². The monoisotopic (exact) mass is 503 g/mol. The van der Waals surface area contributed by atoms with Crippen LogP contribution in [0.3, 0.4) is 0 Å². The van der Waals surface area contributed by atoms with E-state index in [1.54, 1.807) is 20.3 Å². The maximum atomic E-state index is 10.7. The predicted octanol–water partition coefficient (Wildman–Crippen LogP) is 3.44. The molecule has 6 nitrogen and oxygen atoms in total. The summed E-state index contributed by atoms with van der Waals surface area (Å²) in [4.78, 5) is 7.12. The number of methoxy groups -OCH3 is 2. The predicted molar refractivity (Wildman–Crippen MR) is 123 cm³/mol. The number of fused-ring (bicyclic) bond motifs is 1. The van der Waals surface area contributed by atoms with Crippen molar-refractivity contribution in [3.05, 3.63) is 23.8 Å². The van der Waals surface area contributed by atoms with E-state index in [0.717, 1.165) is 43.0 Å². The molecule has 1 aliphatic heterocycles. The standard InChI is InChI=1S/C21H33N3O3.HI/c1-4-22-21(24-13-15-7-5-6-8-16(15)14-24)23-12-20(25)17-9-18(26-2)11-19(10-17)27-3;/h9-11,15-16,20,25H,4-8,12-14H2,1-3H3,(H,22,23);1H. The number of aliphatic hydroxyl groups is 1. The summed E-state index contributed by atoms with van der Waals surface area (Å²) in [5, 5.41) is 14.1. The van der Waals surface area contributed by atoms with Gasteiger partial charge in [0.25, 0.3) is 0 Å². The summed E-state index contributed by atoms with van der Waals surface area (Å²) in [5.41, 5.74) is 0.751. The molecule has 0 bridgehead atoms. The van der Waals surface area contributed by atoms with Gasteiger partial charge in [-0.15, -0.1) is 24.0 Å². The number of benzene rings is 1. The van der Waals surface area contributed by atoms with Crippen LogP contribution in [0.25, 0.3) is 0 Å². The maximum Gasteiger partial charge on any atom is 0.194 e. The first kappa shape index (κ1) is 23.1. The second-order valence-corrected chi connectivity index (χ2v) is 7.57. The number of halogens is 1. The van der Waals surface area contributed by atoms with Gasteiger partial charge in [0, 0.05) is 25.7 Å². The smallest absolute Gasteiger partial charge is 0.194 e. The van der Waals surface area contributed by atoms with Gasteiger partial charge in [-0.2, -0.15) is 0 Å². The second kappa shape index (κ2) is 11.1. The molecular formula is C21H34IN3O3. The molecule has 1 heterocycles. The van der Waals surface area contributed by atoms with E-state index in [2.05, 4.69) is 17.1 Å². The summed E-state index contributed by atoms with van der Waals surface area (Å²) in [7, 11) is 3.22. The highest BCUT2D eigenvalue weighted by Gasteiger charge is 2.35. The van der Waals surface area contributed by atoms with Gasteiger partial charge < -0.3 is 24.8 Å². The molecule has 3 unspecified atom stereocenters. The van der Waals surface area contributed by atoms with E-state index in [0.29, 0.717) is 18.0 Å². The first-order chi connectivity index (χ1) is 13.1. The third kappa shape index (κ3) is 5.65. The number of rotatable bonds is 6. The van der Waals surface area contributed by atoms with Crippen molar-refractivity contribution >= 4 is 29.9 Å². The largest absolute Gasteiger partial charge is 0.497 e. The van der Waals surface area contributed by atoms with Gasteiger partial charge in [0.15, 0.2) is 5.96 Å². The number of ether oxygens (including phenoxy) is 2. The number of hydrogen-bond acceptors (Lipinski definition) is 4. The van der Waals surface area contributed by atoms with E-state index in [9.17, 15) is 5.11 Å². The summed E-state index contributed by atoms with van der Waals surface area (Å²) >= 11 is 0. The fourth-order valence-electron chi connectivity index (χ4n) is 4.30. The number of guanidine groups is 1. The fourth-order valence-corrected chi connectivity index (χ4v) is 4.30. The van der Waals surface area contributed by atoms with E-state index in [4.69, 9.17) is 14.5 Å². The third-order valence-electron chi connectivity index (χ3n) is 5.78. The van der Waals surface area contributed by atoms with Crippen molar-refractivity contribution in [1.29, 1.82) is 0 Å². The fraction of sp³-hybridized carbons (Fsp3) is 0.667. The van der Waals surface area contributed by atoms with Crippen molar-refractivity contribution in [3.63, 3.8) is 0 Å². The van der Waals surface area contributed by atoms with Gasteiger partial charge in [-0.05, 0) is 49.3 Å². The summed E-state index contributed by atoms with van der Waals surface area (Å²) in [6.07, 6.45) is 4.70. The molecule has 3 atom stereocenters. The molecule has 2 N–H and O–H groups in total. The summed E-state index contributed by atoms with van der Waals surface area (Å²) in [6.45, 7) is 5.39. The van der Waals surface area contributed by atoms with Gasteiger partial charge in [-0.1, -0.05) is 12.8 Å². The molecule has 1 aromatic rings. The summed E-state index contributed by atoms with van der Waals surface area (Å²) in [5.74, 6) is 3.86. The molecule has 158 valence electrons. The zero-order valence-corrected chi connectivity index (χ0v) is 19.5. The number of hydrogen-bond donors (Lipinski definition) is 2. The highest BCUT2D eigenvalue weighted by Crippen LogP contribution is 2.36. The molecule has 1 saturated carbocycles. The Morgan fingerprint density at radius 3 is 2.21 bits per heavy atom. The van der Waals surface area contributed by atoms with E-state index in [1.165, 1.54) is 25.7 Å². The quantitative estimate of drug-likeness (QED) is 0.354. The van der Waals surface area contributed by atoms with Crippen LogP contribution in [0.2, 0.25) is 0 Å². The zero-order valence-electron chi connectivity index (χ0n) is 17.2. The molecule has 1 aromatic carbocycles. The molecule has 1 aliphatic carbocycles. The number of nitrogens with zero attached hydrogens (tertiary/aromatic N) is 2. The molecule has 7 heteroatoms. The van der Waals surface area contributed by atoms with E-state index in [-0.39, 0.29) is 24.0 Å². The Balaban J connectivity index is 0.00000280. The molecular weight excluding hydrogens is 469 g/mol. The van der Waals surface area contributed by atoms with Crippen LogP contribution in [-0.2, 0) is 0 Å². The highest BCUT2D eigenvalue weighted by atomic mass is 127. The average Bonchev–Trinajstić information content (AvgIpc) is 3.14. The van der Waals surface area contributed by atoms with Gasteiger partial charge in [0.05, 0.1) is 26.9 Å². The van der Waals surface area contributed by atoms with Crippen molar-refractivity contribution in [2.75, 3.05) is 40.4 Å². The number of likely N-dealkylation sites (tertiary alicyclic amines) is 1. The minimum Gasteiger partial charge on any atom is -0.497 e. The normalized spacial score (nSPS) is 22.9. The van der Waals surface area contributed by atoms with Crippen molar-refractivity contribution in [2.24, 2.45) is 16.8 Å². The Hall–Kier alpha value is -1.22. The molecule has 0 aromatic heterocycles. The van der Waals surface area contributed by atoms with E-state index < -0.39 is 6.10 Å². The summed E-state index contributed by atoms with van der Waals surface area (Å²) < 4.78 is 10.6. The van der Waals surface area contributed by atoms with Gasteiger partial charge in [0.1, 0.15) is 11.5 Å². The molecule has 2 fully saturated rings. The number of nitrogens with one attached hydrogen (secondary N) is 1. The Morgan fingerprint density at radius 2 is 1.71 bits per heavy atom. The molecule has 3 rings (SSSR count). The second-order valence-electron chi connectivity index (χ2n) is 7.57. The van der Waals surface area contributed by atoms with Crippen LogP contribution in [0.4, 0.5) is 0 Å². The average molecular weight is 503 g/mol. The molecule has 0 radical (unpaired) electrons. The lowest BCUT2D eigenvalue weighted by Crippen LogP contribution is -2.40. The van der Waals surface area contributed by atoms with Crippen LogP contribution in [0, 0.1) is 11.8 Å². The van der Waals surface area contributed by atoms with Crippen LogP contribution in [0.15, 0.2) is 23.2 Å². The highest BCUT2D eigenvalue weighted by molar-refractivity contribution is 14.0. The number of aliphatic imine (C=N–C) groups is 1. The zero-order chi connectivity index (χ0) is 19.2. The molecule has 1 saturated heterocycles. The van der Waals surface area contributed by atoms with Gasteiger partial charge in [-0.3, -0.25) is 4.99 Å². The van der Waals surface area contributed by atoms with Crippen LogP contribution >= 0.6 is 24.0 Å². The minimum absolute atomic E-state index is 0. The molecule has 28 heavy (non-hydrogen) atoms. The van der Waals surface area contributed by atoms with Crippen LogP contribution in [-0.4, -0.2) is 56.4 Å². The van der Waals surface area contributed by atoms with Crippen molar-refractivity contribution in [2.45, 2.75) is 38.7 Å². The SMILES string of the molecule is CCNC(=NCC(O)c1cc(OC)cc(OC)c1)N1CC2CCCCC2C1.I. The molecule has 0 amide bonds. The van der Waals surface area contributed by atoms with Crippen LogP contribution < -0.4 is 14.8 Å². The maximum absolute atomic E-state index is 10.7. The first-order valence-electron chi connectivity index (χ1n) is 10.1. The Morgan fingerprint density at radius 1 is 1.14 bits per heavy atom. The Bertz CT molecular complexity index is 620. The minimum atomic E-state index is -0.701. The first-order valence-corrected chi connectivity index (χ1v) is 10.1. The van der Waals surface area contributed by atoms with Gasteiger partial charge in [0.2, 0.25) is 0 Å². The third-order valence-corrected chi connectivity index (χ3v) is 5.78. The molecule has 0 spiro atoms. The lowest BCUT2D eigenvalue weighted by Gasteiger charge is -2.22. The lowest BCUT2D eigenvalue weighted by molar-refractivity contribution is 0.185. The molecule has 2 aliphatic rings. The van der Waals surface area contributed by atoms with Gasteiger partial charge >= 0.3 is 0 Å². The Labute approximate surface area is 185 Å². The van der Waals surface area contributed by atoms with E-state index >= 15 is 0 Å². The van der Waals surface area contributed by atoms with Crippen molar-refractivity contribution < 1.29 is 14.6 Å². The van der Waals surface area contributed by atoms with Crippen molar-refractivity contribution in [3.8, 4) is 11.5 Å². The van der Waals surface area contributed by atoms with Crippen molar-refractivity contribution in [1.82, 2.24) is 10.2 Å². The number of aliphatic hydroxyl groups excluding tert-OH is 1. The van der Waals surface area contributed by atoms with E-state index in [1.807, 2.05) is 12.1 Å². The lowest BCUT2D eigenvalue weighted by atomic mass is 9.82. The summed E-state index contributed by atoms with van der Waals surface area (Å²) in [6, 6.07) is 5.47. The topological polar surface area (TPSA) is 66.3 Å².